The van der Waals surface area contributed by atoms with Gasteiger partial charge in [0.05, 0.1) is 0 Å². The molecule has 2 aromatic heterocycles. The molecule has 0 radical (unpaired) electrons. The molecule has 2 aromatic carbocycles. The van der Waals surface area contributed by atoms with Crippen molar-refractivity contribution < 1.29 is 14.3 Å². The van der Waals surface area contributed by atoms with Gasteiger partial charge in [0.2, 0.25) is 0 Å². The first-order valence-electron chi connectivity index (χ1n) is 9.05. The molecule has 0 saturated heterocycles. The molecule has 0 fully saturated rings. The van der Waals surface area contributed by atoms with E-state index in [0.717, 1.165) is 21.7 Å². The maximum Gasteiger partial charge on any atom is 0.271 e. The third-order valence-electron chi connectivity index (χ3n) is 4.63. The van der Waals surface area contributed by atoms with Gasteiger partial charge < -0.3 is 14.3 Å². The molecule has 0 aliphatic rings. The standard InChI is InChI=1S/C21H19ClN4O2/c1-13(16-10-6-7-11-17(16)22)23-12-18-24-25-21(27-18)19-14(2)28-26-20(19)15-8-4-3-5-9-15/h3-11,13,23H,12H2,1-2H3/p+1/t13-/m0/s1. The van der Waals surface area contributed by atoms with Gasteiger partial charge in [-0.3, -0.25) is 0 Å². The van der Waals surface area contributed by atoms with Crippen molar-refractivity contribution in [3.8, 4) is 22.7 Å². The molecule has 0 aliphatic heterocycles. The van der Waals surface area contributed by atoms with Crippen LogP contribution in [0.25, 0.3) is 22.7 Å². The van der Waals surface area contributed by atoms with Crippen molar-refractivity contribution in [2.24, 2.45) is 0 Å². The first-order chi connectivity index (χ1) is 13.6. The number of rotatable bonds is 6. The molecule has 0 bridgehead atoms. The number of quaternary nitrogens is 1. The molecule has 6 nitrogen and oxygen atoms in total. The van der Waals surface area contributed by atoms with Gasteiger partial charge in [-0.25, -0.2) is 0 Å². The topological polar surface area (TPSA) is 81.6 Å². The van der Waals surface area contributed by atoms with Crippen LogP contribution in [0.2, 0.25) is 5.02 Å². The predicted molar refractivity (Wildman–Crippen MR) is 105 cm³/mol. The lowest BCUT2D eigenvalue weighted by molar-refractivity contribution is -0.709. The number of hydrogen-bond donors (Lipinski definition) is 1. The molecule has 0 saturated carbocycles. The first kappa shape index (κ1) is 18.4. The number of nitrogens with zero attached hydrogens (tertiary/aromatic N) is 3. The van der Waals surface area contributed by atoms with Crippen LogP contribution in [0, 0.1) is 6.92 Å². The second kappa shape index (κ2) is 7.96. The summed E-state index contributed by atoms with van der Waals surface area (Å²) in [5, 5.41) is 15.4. The Labute approximate surface area is 167 Å². The lowest BCUT2D eigenvalue weighted by Crippen LogP contribution is -2.83. The molecule has 0 amide bonds. The Hall–Kier alpha value is -2.96. The van der Waals surface area contributed by atoms with Gasteiger partial charge in [-0.15, -0.1) is 10.2 Å². The first-order valence-corrected chi connectivity index (χ1v) is 9.43. The Morgan fingerprint density at radius 3 is 2.57 bits per heavy atom. The summed E-state index contributed by atoms with van der Waals surface area (Å²) in [5.41, 5.74) is 3.43. The molecule has 28 heavy (non-hydrogen) atoms. The Bertz CT molecular complexity index is 1070. The van der Waals surface area contributed by atoms with Crippen LogP contribution in [-0.2, 0) is 6.54 Å². The Morgan fingerprint density at radius 2 is 1.79 bits per heavy atom. The number of halogens is 1. The van der Waals surface area contributed by atoms with Crippen LogP contribution in [-0.4, -0.2) is 15.4 Å². The van der Waals surface area contributed by atoms with E-state index in [0.29, 0.717) is 29.8 Å². The van der Waals surface area contributed by atoms with Gasteiger partial charge in [0, 0.05) is 16.1 Å². The summed E-state index contributed by atoms with van der Waals surface area (Å²) >= 11 is 6.28. The highest BCUT2D eigenvalue weighted by Gasteiger charge is 2.22. The average Bonchev–Trinajstić information content (AvgIpc) is 3.33. The normalized spacial score (nSPS) is 12.2. The predicted octanol–water partition coefficient (Wildman–Crippen LogP) is 4.18. The van der Waals surface area contributed by atoms with Crippen molar-refractivity contribution in [2.45, 2.75) is 26.4 Å². The third kappa shape index (κ3) is 3.69. The highest BCUT2D eigenvalue weighted by Crippen LogP contribution is 2.33. The third-order valence-corrected chi connectivity index (χ3v) is 4.98. The maximum absolute atomic E-state index is 6.28. The molecule has 1 atom stereocenters. The van der Waals surface area contributed by atoms with Gasteiger partial charge in [0.25, 0.3) is 11.8 Å². The SMILES string of the molecule is Cc1onc(-c2ccccc2)c1-c1nnc(C[NH2+][C@@H](C)c2ccccc2Cl)o1. The second-order valence-corrected chi connectivity index (χ2v) is 6.99. The van der Waals surface area contributed by atoms with Gasteiger partial charge in [-0.1, -0.05) is 65.3 Å². The molecule has 2 N–H and O–H groups in total. The van der Waals surface area contributed by atoms with E-state index in [4.69, 9.17) is 20.5 Å². The smallest absolute Gasteiger partial charge is 0.271 e. The van der Waals surface area contributed by atoms with Crippen LogP contribution in [0.3, 0.4) is 0 Å². The minimum absolute atomic E-state index is 0.168. The summed E-state index contributed by atoms with van der Waals surface area (Å²) in [6.07, 6.45) is 0. The molecule has 0 spiro atoms. The number of hydrogen-bond acceptors (Lipinski definition) is 5. The van der Waals surface area contributed by atoms with Gasteiger partial charge in [-0.2, -0.15) is 0 Å². The van der Waals surface area contributed by atoms with E-state index in [2.05, 4.69) is 27.6 Å². The van der Waals surface area contributed by atoms with Crippen LogP contribution in [0.4, 0.5) is 0 Å². The van der Waals surface area contributed by atoms with Gasteiger partial charge >= 0.3 is 0 Å². The number of nitrogens with two attached hydrogens (primary N) is 1. The number of benzene rings is 2. The van der Waals surface area contributed by atoms with E-state index in [1.807, 2.05) is 61.5 Å². The van der Waals surface area contributed by atoms with Crippen LogP contribution in [0.5, 0.6) is 0 Å². The zero-order valence-electron chi connectivity index (χ0n) is 15.6. The zero-order valence-corrected chi connectivity index (χ0v) is 16.3. The van der Waals surface area contributed by atoms with Crippen molar-refractivity contribution >= 4 is 11.6 Å². The Kier molecular flexibility index (Phi) is 5.23. The average molecular weight is 396 g/mol. The fourth-order valence-corrected chi connectivity index (χ4v) is 3.41. The van der Waals surface area contributed by atoms with E-state index >= 15 is 0 Å². The van der Waals surface area contributed by atoms with E-state index < -0.39 is 0 Å². The molecule has 0 unspecified atom stereocenters. The van der Waals surface area contributed by atoms with Crippen LogP contribution in [0.1, 0.15) is 30.2 Å². The number of aromatic nitrogens is 3. The summed E-state index contributed by atoms with van der Waals surface area (Å²) in [7, 11) is 0. The molecule has 142 valence electrons. The lowest BCUT2D eigenvalue weighted by atomic mass is 10.1. The summed E-state index contributed by atoms with van der Waals surface area (Å²) in [5.74, 6) is 1.59. The summed E-state index contributed by atoms with van der Waals surface area (Å²) < 4.78 is 11.3. The minimum Gasteiger partial charge on any atom is -0.415 e. The van der Waals surface area contributed by atoms with Gasteiger partial charge in [0.15, 0.2) is 6.54 Å². The van der Waals surface area contributed by atoms with Crippen LogP contribution >= 0.6 is 11.6 Å². The van der Waals surface area contributed by atoms with Gasteiger partial charge in [0.1, 0.15) is 23.1 Å². The zero-order chi connectivity index (χ0) is 19.5. The van der Waals surface area contributed by atoms with Crippen molar-refractivity contribution in [3.63, 3.8) is 0 Å². The van der Waals surface area contributed by atoms with Crippen molar-refractivity contribution in [1.29, 1.82) is 0 Å². The highest BCUT2D eigenvalue weighted by atomic mass is 35.5. The Balaban J connectivity index is 1.53. The fraction of sp³-hybridized carbons (Fsp3) is 0.190. The second-order valence-electron chi connectivity index (χ2n) is 6.58. The fourth-order valence-electron chi connectivity index (χ4n) is 3.10. The summed E-state index contributed by atoms with van der Waals surface area (Å²) in [4.78, 5) is 0. The molecule has 4 aromatic rings. The van der Waals surface area contributed by atoms with E-state index in [9.17, 15) is 0 Å². The largest absolute Gasteiger partial charge is 0.415 e. The van der Waals surface area contributed by atoms with Gasteiger partial charge in [-0.05, 0) is 19.9 Å². The van der Waals surface area contributed by atoms with Crippen molar-refractivity contribution in [2.75, 3.05) is 0 Å². The number of aryl methyl sites for hydroxylation is 1. The monoisotopic (exact) mass is 395 g/mol. The Morgan fingerprint density at radius 1 is 1.04 bits per heavy atom. The molecule has 2 heterocycles. The molecular formula is C21H20ClN4O2+. The van der Waals surface area contributed by atoms with E-state index in [1.54, 1.807) is 0 Å². The van der Waals surface area contributed by atoms with E-state index in [1.165, 1.54) is 0 Å². The molecular weight excluding hydrogens is 376 g/mol. The highest BCUT2D eigenvalue weighted by molar-refractivity contribution is 6.31. The maximum atomic E-state index is 6.28. The quantitative estimate of drug-likeness (QED) is 0.529. The summed E-state index contributed by atoms with van der Waals surface area (Å²) in [6.45, 7) is 4.48. The molecule has 4 rings (SSSR count). The molecule has 7 heteroatoms. The van der Waals surface area contributed by atoms with Crippen LogP contribution < -0.4 is 5.32 Å². The van der Waals surface area contributed by atoms with Crippen molar-refractivity contribution in [3.05, 3.63) is 76.8 Å². The minimum atomic E-state index is 0.168. The molecule has 0 aliphatic carbocycles. The van der Waals surface area contributed by atoms with E-state index in [-0.39, 0.29) is 6.04 Å². The van der Waals surface area contributed by atoms with Crippen molar-refractivity contribution in [1.82, 2.24) is 15.4 Å². The summed E-state index contributed by atoms with van der Waals surface area (Å²) in [6, 6.07) is 17.8. The lowest BCUT2D eigenvalue weighted by Gasteiger charge is -2.10. The van der Waals surface area contributed by atoms with Crippen LogP contribution in [0.15, 0.2) is 63.5 Å².